The maximum Gasteiger partial charge on any atom is 0.289 e. The summed E-state index contributed by atoms with van der Waals surface area (Å²) in [5.74, 6) is 0.0152. The Balaban J connectivity index is 1.44. The highest BCUT2D eigenvalue weighted by atomic mass is 35.5. The zero-order valence-electron chi connectivity index (χ0n) is 13.3. The Kier molecular flexibility index (Phi) is 3.93. The lowest BCUT2D eigenvalue weighted by Crippen LogP contribution is -2.50. The summed E-state index contributed by atoms with van der Waals surface area (Å²) in [5, 5.41) is 0.578. The van der Waals surface area contributed by atoms with Crippen LogP contribution in [0.15, 0.2) is 47.3 Å². The molecule has 3 aromatic rings. The summed E-state index contributed by atoms with van der Waals surface area (Å²) < 4.78 is 6.87. The Bertz CT molecular complexity index is 927. The van der Waals surface area contributed by atoms with Gasteiger partial charge in [0.1, 0.15) is 11.3 Å². The van der Waals surface area contributed by atoms with Crippen LogP contribution in [0.1, 0.15) is 21.0 Å². The van der Waals surface area contributed by atoms with Crippen molar-refractivity contribution in [2.24, 2.45) is 0 Å². The summed E-state index contributed by atoms with van der Waals surface area (Å²) in [4.78, 5) is 32.6. The maximum atomic E-state index is 12.7. The smallest absolute Gasteiger partial charge is 0.289 e. The van der Waals surface area contributed by atoms with Gasteiger partial charge in [0.15, 0.2) is 5.76 Å². The van der Waals surface area contributed by atoms with Crippen LogP contribution in [0.4, 0.5) is 0 Å². The number of fused-ring (bicyclic) bond motifs is 1. The molecule has 0 aromatic carbocycles. The van der Waals surface area contributed by atoms with Gasteiger partial charge in [0.25, 0.3) is 11.8 Å². The second-order valence-corrected chi connectivity index (χ2v) is 6.24. The first-order valence-electron chi connectivity index (χ1n) is 7.88. The summed E-state index contributed by atoms with van der Waals surface area (Å²) in [6.45, 7) is 1.84. The van der Waals surface area contributed by atoms with Crippen molar-refractivity contribution in [1.82, 2.24) is 19.2 Å². The summed E-state index contributed by atoms with van der Waals surface area (Å²) in [6.07, 6.45) is 4.85. The third kappa shape index (κ3) is 2.98. The van der Waals surface area contributed by atoms with E-state index in [1.807, 2.05) is 0 Å². The average molecular weight is 359 g/mol. The highest BCUT2D eigenvalue weighted by Crippen LogP contribution is 2.15. The zero-order valence-corrected chi connectivity index (χ0v) is 14.0. The molecule has 0 radical (unpaired) electrons. The van der Waals surface area contributed by atoms with Gasteiger partial charge in [0, 0.05) is 38.6 Å². The molecule has 4 rings (SSSR count). The van der Waals surface area contributed by atoms with E-state index >= 15 is 0 Å². The fourth-order valence-electron chi connectivity index (χ4n) is 2.90. The maximum absolute atomic E-state index is 12.7. The summed E-state index contributed by atoms with van der Waals surface area (Å²) >= 11 is 5.96. The van der Waals surface area contributed by atoms with E-state index in [1.165, 1.54) is 6.26 Å². The molecule has 0 bridgehead atoms. The van der Waals surface area contributed by atoms with Gasteiger partial charge in [-0.05, 0) is 24.3 Å². The Hall–Kier alpha value is -2.80. The lowest BCUT2D eigenvalue weighted by molar-refractivity contribution is 0.0515. The molecular weight excluding hydrogens is 344 g/mol. The van der Waals surface area contributed by atoms with Crippen molar-refractivity contribution in [1.29, 1.82) is 0 Å². The van der Waals surface area contributed by atoms with Crippen molar-refractivity contribution in [2.45, 2.75) is 0 Å². The van der Waals surface area contributed by atoms with Crippen molar-refractivity contribution in [3.05, 3.63) is 59.4 Å². The molecule has 25 heavy (non-hydrogen) atoms. The number of carbonyl (C=O) groups is 2. The number of aromatic nitrogens is 2. The fraction of sp³-hybridized carbons (Fsp3) is 0.235. The van der Waals surface area contributed by atoms with Gasteiger partial charge in [-0.1, -0.05) is 11.6 Å². The van der Waals surface area contributed by atoms with Crippen molar-refractivity contribution in [3.8, 4) is 0 Å². The Morgan fingerprint density at radius 1 is 1.00 bits per heavy atom. The van der Waals surface area contributed by atoms with Crippen molar-refractivity contribution >= 4 is 29.1 Å². The topological polar surface area (TPSA) is 71.1 Å². The van der Waals surface area contributed by atoms with E-state index in [0.29, 0.717) is 48.3 Å². The first-order chi connectivity index (χ1) is 12.1. The zero-order chi connectivity index (χ0) is 17.4. The molecule has 1 fully saturated rings. The second kappa shape index (κ2) is 6.25. The first-order valence-corrected chi connectivity index (χ1v) is 8.26. The van der Waals surface area contributed by atoms with Crippen LogP contribution in [0, 0.1) is 0 Å². The summed E-state index contributed by atoms with van der Waals surface area (Å²) in [5.41, 5.74) is 1.03. The lowest BCUT2D eigenvalue weighted by Gasteiger charge is -2.33. The molecule has 1 aliphatic heterocycles. The van der Waals surface area contributed by atoms with E-state index < -0.39 is 0 Å². The molecule has 128 valence electrons. The number of piperazine rings is 1. The van der Waals surface area contributed by atoms with Crippen molar-refractivity contribution < 1.29 is 14.0 Å². The van der Waals surface area contributed by atoms with E-state index in [4.69, 9.17) is 16.0 Å². The number of nitrogens with zero attached hydrogens (tertiary/aromatic N) is 4. The van der Waals surface area contributed by atoms with E-state index in [1.54, 1.807) is 50.9 Å². The summed E-state index contributed by atoms with van der Waals surface area (Å²) in [7, 11) is 0. The number of carbonyl (C=O) groups excluding carboxylic acids is 2. The van der Waals surface area contributed by atoms with Gasteiger partial charge in [-0.15, -0.1) is 0 Å². The van der Waals surface area contributed by atoms with Crippen molar-refractivity contribution in [2.75, 3.05) is 26.2 Å². The van der Waals surface area contributed by atoms with Crippen LogP contribution in [-0.2, 0) is 0 Å². The minimum Gasteiger partial charge on any atom is -0.459 e. The van der Waals surface area contributed by atoms with E-state index in [9.17, 15) is 9.59 Å². The second-order valence-electron chi connectivity index (χ2n) is 5.80. The van der Waals surface area contributed by atoms with Gasteiger partial charge in [0.2, 0.25) is 0 Å². The minimum atomic E-state index is -0.153. The minimum absolute atomic E-state index is 0.148. The van der Waals surface area contributed by atoms with Gasteiger partial charge in [-0.25, -0.2) is 4.98 Å². The van der Waals surface area contributed by atoms with Gasteiger partial charge >= 0.3 is 0 Å². The average Bonchev–Trinajstić information content (AvgIpc) is 3.30. The number of furan rings is 1. The molecule has 2 amide bonds. The normalized spacial score (nSPS) is 14.9. The number of hydrogen-bond donors (Lipinski definition) is 0. The molecule has 8 heteroatoms. The molecular formula is C17H15ClN4O3. The molecule has 0 unspecified atom stereocenters. The van der Waals surface area contributed by atoms with E-state index in [-0.39, 0.29) is 11.8 Å². The van der Waals surface area contributed by atoms with Gasteiger partial charge in [0.05, 0.1) is 11.3 Å². The fourth-order valence-corrected chi connectivity index (χ4v) is 3.07. The van der Waals surface area contributed by atoms with Gasteiger partial charge < -0.3 is 18.6 Å². The van der Waals surface area contributed by atoms with Crippen LogP contribution in [0.3, 0.4) is 0 Å². The van der Waals surface area contributed by atoms with Gasteiger partial charge in [-0.2, -0.15) is 0 Å². The molecule has 0 aliphatic carbocycles. The molecule has 0 saturated carbocycles. The van der Waals surface area contributed by atoms with E-state index in [0.717, 1.165) is 0 Å². The van der Waals surface area contributed by atoms with Crippen LogP contribution in [0.2, 0.25) is 5.02 Å². The SMILES string of the molecule is O=C(c1cn2cc(Cl)ccc2n1)N1CCN(C(=O)c2ccco2)CC1. The first kappa shape index (κ1) is 15.7. The number of imidazole rings is 1. The predicted molar refractivity (Wildman–Crippen MR) is 90.7 cm³/mol. The largest absolute Gasteiger partial charge is 0.459 e. The predicted octanol–water partition coefficient (Wildman–Crippen LogP) is 2.18. The van der Waals surface area contributed by atoms with Crippen molar-refractivity contribution in [3.63, 3.8) is 0 Å². The highest BCUT2D eigenvalue weighted by Gasteiger charge is 2.27. The monoisotopic (exact) mass is 358 g/mol. The van der Waals surface area contributed by atoms with Crippen LogP contribution >= 0.6 is 11.6 Å². The Labute approximate surface area is 148 Å². The van der Waals surface area contributed by atoms with Gasteiger partial charge in [-0.3, -0.25) is 9.59 Å². The highest BCUT2D eigenvalue weighted by molar-refractivity contribution is 6.30. The Morgan fingerprint density at radius 3 is 2.40 bits per heavy atom. The standard InChI is InChI=1S/C17H15ClN4O3/c18-12-3-4-15-19-13(11-22(15)10-12)16(23)20-5-7-21(8-6-20)17(24)14-2-1-9-25-14/h1-4,9-11H,5-8H2. The Morgan fingerprint density at radius 2 is 1.72 bits per heavy atom. The molecule has 0 spiro atoms. The molecule has 1 saturated heterocycles. The molecule has 0 N–H and O–H groups in total. The lowest BCUT2D eigenvalue weighted by atomic mass is 10.2. The van der Waals surface area contributed by atoms with Crippen LogP contribution in [0.5, 0.6) is 0 Å². The number of amides is 2. The molecule has 1 aliphatic rings. The third-order valence-electron chi connectivity index (χ3n) is 4.22. The van der Waals surface area contributed by atoms with Crippen LogP contribution in [-0.4, -0.2) is 57.2 Å². The number of rotatable bonds is 2. The number of hydrogen-bond acceptors (Lipinski definition) is 4. The molecule has 0 atom stereocenters. The van der Waals surface area contributed by atoms with E-state index in [2.05, 4.69) is 4.98 Å². The van der Waals surface area contributed by atoms with Crippen LogP contribution < -0.4 is 0 Å². The summed E-state index contributed by atoms with van der Waals surface area (Å²) in [6, 6.07) is 6.82. The third-order valence-corrected chi connectivity index (χ3v) is 4.44. The molecule has 7 nitrogen and oxygen atoms in total. The van der Waals surface area contributed by atoms with Crippen LogP contribution in [0.25, 0.3) is 5.65 Å². The molecule has 4 heterocycles. The number of halogens is 1. The molecule has 3 aromatic heterocycles. The number of pyridine rings is 1. The quantitative estimate of drug-likeness (QED) is 0.704.